The van der Waals surface area contributed by atoms with E-state index in [-0.39, 0.29) is 11.7 Å². The first-order chi connectivity index (χ1) is 10.2. The maximum atomic E-state index is 11.2. The molecule has 0 spiro atoms. The fourth-order valence-corrected chi connectivity index (χ4v) is 2.59. The molecule has 5 nitrogen and oxygen atoms in total. The Bertz CT molecular complexity index is 827. The van der Waals surface area contributed by atoms with Crippen molar-refractivity contribution in [2.45, 2.75) is 12.5 Å². The molecule has 104 valence electrons. The lowest BCUT2D eigenvalue weighted by Crippen LogP contribution is -2.03. The second kappa shape index (κ2) is 4.34. The van der Waals surface area contributed by atoms with Crippen molar-refractivity contribution in [1.29, 1.82) is 0 Å². The molecule has 1 atom stereocenters. The molecule has 3 aromatic rings. The number of fused-ring (bicyclic) bond motifs is 2. The number of carboxylic acids is 1. The maximum absolute atomic E-state index is 11.2. The molecule has 4 rings (SSSR count). The van der Waals surface area contributed by atoms with E-state index < -0.39 is 5.97 Å². The standard InChI is InChI=1S/C16H11NO4/c18-16(19)10-5-3-6-11-14(10)21-15(17-11)13-8-9-4-1-2-7-12(9)20-13/h1-7,13H,8H2,(H,18,19). The number of hydrogen-bond acceptors (Lipinski definition) is 4. The van der Waals surface area contributed by atoms with Crippen molar-refractivity contribution in [2.24, 2.45) is 0 Å². The van der Waals surface area contributed by atoms with Gasteiger partial charge in [-0.2, -0.15) is 0 Å². The summed E-state index contributed by atoms with van der Waals surface area (Å²) in [5.74, 6) is 0.206. The van der Waals surface area contributed by atoms with Gasteiger partial charge >= 0.3 is 5.97 Å². The summed E-state index contributed by atoms with van der Waals surface area (Å²) in [6.45, 7) is 0. The highest BCUT2D eigenvalue weighted by atomic mass is 16.5. The number of aromatic nitrogens is 1. The molecule has 5 heteroatoms. The predicted molar refractivity (Wildman–Crippen MR) is 74.5 cm³/mol. The molecule has 21 heavy (non-hydrogen) atoms. The summed E-state index contributed by atoms with van der Waals surface area (Å²) < 4.78 is 11.5. The van der Waals surface area contributed by atoms with Crippen molar-refractivity contribution in [1.82, 2.24) is 4.98 Å². The first kappa shape index (κ1) is 12.0. The lowest BCUT2D eigenvalue weighted by Gasteiger charge is -2.05. The molecule has 1 N–H and O–H groups in total. The SMILES string of the molecule is O=C(O)c1cccc2nc(C3Cc4ccccc4O3)oc12. The molecule has 1 unspecified atom stereocenters. The molecule has 1 aliphatic heterocycles. The first-order valence-electron chi connectivity index (χ1n) is 6.59. The summed E-state index contributed by atoms with van der Waals surface area (Å²) in [5, 5.41) is 9.18. The highest BCUT2D eigenvalue weighted by Crippen LogP contribution is 2.37. The van der Waals surface area contributed by atoms with E-state index in [1.807, 2.05) is 24.3 Å². The van der Waals surface area contributed by atoms with E-state index in [0.29, 0.717) is 23.4 Å². The Labute approximate surface area is 119 Å². The monoisotopic (exact) mass is 281 g/mol. The molecule has 0 amide bonds. The number of nitrogens with zero attached hydrogens (tertiary/aromatic N) is 1. The third-order valence-electron chi connectivity index (χ3n) is 3.58. The van der Waals surface area contributed by atoms with Gasteiger partial charge in [0.1, 0.15) is 16.8 Å². The minimum absolute atomic E-state index is 0.113. The number of oxazole rings is 1. The zero-order chi connectivity index (χ0) is 14.4. The summed E-state index contributed by atoms with van der Waals surface area (Å²) in [6, 6.07) is 12.7. The van der Waals surface area contributed by atoms with E-state index in [1.165, 1.54) is 6.07 Å². The van der Waals surface area contributed by atoms with E-state index in [9.17, 15) is 9.90 Å². The molecule has 0 aliphatic carbocycles. The van der Waals surface area contributed by atoms with Gasteiger partial charge in [-0.05, 0) is 23.8 Å². The first-order valence-corrected chi connectivity index (χ1v) is 6.59. The Morgan fingerprint density at radius 1 is 1.19 bits per heavy atom. The second-order valence-electron chi connectivity index (χ2n) is 4.93. The number of aromatic carboxylic acids is 1. The molecule has 0 bridgehead atoms. The average Bonchev–Trinajstić information content (AvgIpc) is 3.09. The van der Waals surface area contributed by atoms with Crippen LogP contribution in [0.3, 0.4) is 0 Å². The van der Waals surface area contributed by atoms with Gasteiger partial charge < -0.3 is 14.3 Å². The van der Waals surface area contributed by atoms with Gasteiger partial charge in [-0.3, -0.25) is 0 Å². The maximum Gasteiger partial charge on any atom is 0.339 e. The quantitative estimate of drug-likeness (QED) is 0.780. The molecule has 0 saturated carbocycles. The molecule has 0 radical (unpaired) electrons. The lowest BCUT2D eigenvalue weighted by atomic mass is 10.1. The smallest absolute Gasteiger partial charge is 0.339 e. The van der Waals surface area contributed by atoms with Crippen LogP contribution in [0.25, 0.3) is 11.1 Å². The van der Waals surface area contributed by atoms with Crippen LogP contribution < -0.4 is 4.74 Å². The number of benzene rings is 2. The lowest BCUT2D eigenvalue weighted by molar-refractivity contribution is 0.0697. The number of rotatable bonds is 2. The van der Waals surface area contributed by atoms with Gasteiger partial charge in [-0.25, -0.2) is 9.78 Å². The molecular formula is C16H11NO4. The van der Waals surface area contributed by atoms with Crippen LogP contribution in [0.5, 0.6) is 5.75 Å². The van der Waals surface area contributed by atoms with Gasteiger partial charge in [-0.15, -0.1) is 0 Å². The van der Waals surface area contributed by atoms with Crippen LogP contribution in [-0.4, -0.2) is 16.1 Å². The summed E-state index contributed by atoms with van der Waals surface area (Å²) >= 11 is 0. The molecular weight excluding hydrogens is 270 g/mol. The van der Waals surface area contributed by atoms with Crippen molar-refractivity contribution in [3.63, 3.8) is 0 Å². The molecule has 1 aromatic heterocycles. The van der Waals surface area contributed by atoms with Gasteiger partial charge in [0.15, 0.2) is 11.7 Å². The Hall–Kier alpha value is -2.82. The number of carbonyl (C=O) groups is 1. The van der Waals surface area contributed by atoms with Crippen LogP contribution in [0.2, 0.25) is 0 Å². The van der Waals surface area contributed by atoms with Crippen LogP contribution in [0.4, 0.5) is 0 Å². The van der Waals surface area contributed by atoms with Crippen molar-refractivity contribution in [3.8, 4) is 5.75 Å². The van der Waals surface area contributed by atoms with E-state index >= 15 is 0 Å². The van der Waals surface area contributed by atoms with Gasteiger partial charge in [0.05, 0.1) is 0 Å². The van der Waals surface area contributed by atoms with Crippen molar-refractivity contribution in [3.05, 3.63) is 59.5 Å². The van der Waals surface area contributed by atoms with Crippen LogP contribution in [-0.2, 0) is 6.42 Å². The summed E-state index contributed by atoms with van der Waals surface area (Å²) in [5.41, 5.74) is 2.04. The normalized spacial score (nSPS) is 16.7. The van der Waals surface area contributed by atoms with Crippen molar-refractivity contribution >= 4 is 17.1 Å². The zero-order valence-corrected chi connectivity index (χ0v) is 10.9. The molecule has 2 heterocycles. The topological polar surface area (TPSA) is 72.6 Å². The van der Waals surface area contributed by atoms with Gasteiger partial charge in [-0.1, -0.05) is 24.3 Å². The van der Waals surface area contributed by atoms with E-state index in [2.05, 4.69) is 4.98 Å². The second-order valence-corrected chi connectivity index (χ2v) is 4.93. The number of ether oxygens (including phenoxy) is 1. The van der Waals surface area contributed by atoms with E-state index in [1.54, 1.807) is 12.1 Å². The van der Waals surface area contributed by atoms with Crippen molar-refractivity contribution < 1.29 is 19.1 Å². The summed E-state index contributed by atoms with van der Waals surface area (Å²) in [4.78, 5) is 15.6. The zero-order valence-electron chi connectivity index (χ0n) is 10.9. The molecule has 0 saturated heterocycles. The highest BCUT2D eigenvalue weighted by molar-refractivity contribution is 5.99. The van der Waals surface area contributed by atoms with Gasteiger partial charge in [0, 0.05) is 6.42 Å². The van der Waals surface area contributed by atoms with E-state index in [0.717, 1.165) is 11.3 Å². The van der Waals surface area contributed by atoms with Gasteiger partial charge in [0.2, 0.25) is 5.89 Å². The number of hydrogen-bond donors (Lipinski definition) is 1. The fourth-order valence-electron chi connectivity index (χ4n) is 2.59. The number of para-hydroxylation sites is 2. The Kier molecular flexibility index (Phi) is 2.47. The fraction of sp³-hybridized carbons (Fsp3) is 0.125. The van der Waals surface area contributed by atoms with Crippen LogP contribution in [0.15, 0.2) is 46.9 Å². The minimum atomic E-state index is -1.03. The van der Waals surface area contributed by atoms with Crippen LogP contribution in [0.1, 0.15) is 27.9 Å². The Morgan fingerprint density at radius 2 is 2.05 bits per heavy atom. The minimum Gasteiger partial charge on any atom is -0.480 e. The third-order valence-corrected chi connectivity index (χ3v) is 3.58. The van der Waals surface area contributed by atoms with E-state index in [4.69, 9.17) is 9.15 Å². The van der Waals surface area contributed by atoms with Crippen LogP contribution >= 0.6 is 0 Å². The van der Waals surface area contributed by atoms with Crippen molar-refractivity contribution in [2.75, 3.05) is 0 Å². The summed E-state index contributed by atoms with van der Waals surface area (Å²) in [6.07, 6.45) is 0.363. The van der Waals surface area contributed by atoms with Crippen LogP contribution in [0, 0.1) is 0 Å². The average molecular weight is 281 g/mol. The molecule has 0 fully saturated rings. The molecule has 1 aliphatic rings. The number of carboxylic acid groups (broad SMARTS) is 1. The predicted octanol–water partition coefficient (Wildman–Crippen LogP) is 3.20. The largest absolute Gasteiger partial charge is 0.480 e. The Morgan fingerprint density at radius 3 is 2.86 bits per heavy atom. The summed E-state index contributed by atoms with van der Waals surface area (Å²) in [7, 11) is 0. The third kappa shape index (κ3) is 1.86. The molecule has 2 aromatic carbocycles. The Balaban J connectivity index is 1.76. The van der Waals surface area contributed by atoms with Gasteiger partial charge in [0.25, 0.3) is 0 Å². The highest BCUT2D eigenvalue weighted by Gasteiger charge is 2.29.